The van der Waals surface area contributed by atoms with E-state index in [1.807, 2.05) is 18.2 Å². The molecule has 0 fully saturated rings. The first-order valence-corrected chi connectivity index (χ1v) is 6.53. The number of carbonyl (C=O) groups excluding carboxylic acids is 1. The van der Waals surface area contributed by atoms with Crippen LogP contribution in [0.15, 0.2) is 43.0 Å². The van der Waals surface area contributed by atoms with Gasteiger partial charge in [-0.3, -0.25) is 4.79 Å². The van der Waals surface area contributed by atoms with Crippen LogP contribution in [-0.4, -0.2) is 23.7 Å². The summed E-state index contributed by atoms with van der Waals surface area (Å²) < 4.78 is 4.86. The quantitative estimate of drug-likeness (QED) is 0.493. The van der Waals surface area contributed by atoms with Crippen LogP contribution in [0.3, 0.4) is 0 Å². The van der Waals surface area contributed by atoms with Crippen LogP contribution in [0.5, 0.6) is 0 Å². The molecule has 1 aromatic carbocycles. The van der Waals surface area contributed by atoms with E-state index in [-0.39, 0.29) is 11.9 Å². The molecule has 4 nitrogen and oxygen atoms in total. The number of hydrogen-bond donors (Lipinski definition) is 1. The highest BCUT2D eigenvalue weighted by Gasteiger charge is 1.99. The van der Waals surface area contributed by atoms with E-state index in [4.69, 9.17) is 9.84 Å². The zero-order valence-corrected chi connectivity index (χ0v) is 12.0. The molecule has 4 heteroatoms. The highest BCUT2D eigenvalue weighted by molar-refractivity contribution is 5.81. The monoisotopic (exact) mass is 278 g/mol. The SMILES string of the molecule is C=CC(=O)OCCCc1ccccc1.CC(C)C(=O)O. The number of carboxylic acids is 1. The Kier molecular flexibility index (Phi) is 9.66. The molecule has 0 saturated heterocycles. The van der Waals surface area contributed by atoms with Crippen molar-refractivity contribution in [3.63, 3.8) is 0 Å². The Morgan fingerprint density at radius 3 is 2.30 bits per heavy atom. The van der Waals surface area contributed by atoms with Gasteiger partial charge < -0.3 is 9.84 Å². The van der Waals surface area contributed by atoms with Gasteiger partial charge in [0, 0.05) is 6.08 Å². The molecule has 1 rings (SSSR count). The lowest BCUT2D eigenvalue weighted by Crippen LogP contribution is -2.03. The first kappa shape index (κ1) is 17.9. The van der Waals surface area contributed by atoms with Gasteiger partial charge in [-0.1, -0.05) is 50.8 Å². The molecule has 0 spiro atoms. The zero-order chi connectivity index (χ0) is 15.4. The highest BCUT2D eigenvalue weighted by Crippen LogP contribution is 2.02. The molecule has 0 radical (unpaired) electrons. The second-order valence-electron chi connectivity index (χ2n) is 4.45. The number of carboxylic acid groups (broad SMARTS) is 1. The average molecular weight is 278 g/mol. The summed E-state index contributed by atoms with van der Waals surface area (Å²) in [6.45, 7) is 7.06. The fraction of sp³-hybridized carbons (Fsp3) is 0.375. The molecule has 0 aromatic heterocycles. The van der Waals surface area contributed by atoms with Crippen LogP contribution in [0.1, 0.15) is 25.8 Å². The highest BCUT2D eigenvalue weighted by atomic mass is 16.5. The average Bonchev–Trinajstić information content (AvgIpc) is 2.45. The normalized spacial score (nSPS) is 9.35. The third-order valence-electron chi connectivity index (χ3n) is 2.36. The van der Waals surface area contributed by atoms with Crippen molar-refractivity contribution in [2.75, 3.05) is 6.61 Å². The third-order valence-corrected chi connectivity index (χ3v) is 2.36. The molecule has 1 aromatic rings. The maximum Gasteiger partial charge on any atom is 0.330 e. The minimum atomic E-state index is -0.741. The Balaban J connectivity index is 0.000000511. The number of ether oxygens (including phenoxy) is 1. The van der Waals surface area contributed by atoms with Crippen molar-refractivity contribution in [3.8, 4) is 0 Å². The first-order valence-electron chi connectivity index (χ1n) is 6.53. The lowest BCUT2D eigenvalue weighted by atomic mass is 10.1. The first-order chi connectivity index (χ1) is 9.47. The smallest absolute Gasteiger partial charge is 0.330 e. The summed E-state index contributed by atoms with van der Waals surface area (Å²) in [6, 6.07) is 10.1. The topological polar surface area (TPSA) is 63.6 Å². The molecule has 0 heterocycles. The van der Waals surface area contributed by atoms with E-state index in [9.17, 15) is 9.59 Å². The fourth-order valence-corrected chi connectivity index (χ4v) is 1.15. The molecule has 0 aliphatic heterocycles. The summed E-state index contributed by atoms with van der Waals surface area (Å²) in [5.74, 6) is -1.32. The van der Waals surface area contributed by atoms with Crippen molar-refractivity contribution in [1.82, 2.24) is 0 Å². The van der Waals surface area contributed by atoms with Crippen molar-refractivity contribution in [1.29, 1.82) is 0 Å². The molecule has 0 amide bonds. The Labute approximate surface area is 120 Å². The van der Waals surface area contributed by atoms with E-state index in [1.165, 1.54) is 11.6 Å². The number of carbonyl (C=O) groups is 2. The summed E-state index contributed by atoms with van der Waals surface area (Å²) >= 11 is 0. The van der Waals surface area contributed by atoms with Gasteiger partial charge in [0.2, 0.25) is 0 Å². The summed E-state index contributed by atoms with van der Waals surface area (Å²) in [4.78, 5) is 20.4. The van der Waals surface area contributed by atoms with Gasteiger partial charge in [-0.05, 0) is 18.4 Å². The molecule has 0 aliphatic rings. The fourth-order valence-electron chi connectivity index (χ4n) is 1.15. The summed E-state index contributed by atoms with van der Waals surface area (Å²) in [5.41, 5.74) is 1.27. The van der Waals surface area contributed by atoms with Crippen LogP contribution in [0.25, 0.3) is 0 Å². The summed E-state index contributed by atoms with van der Waals surface area (Å²) in [6.07, 6.45) is 2.97. The van der Waals surface area contributed by atoms with Gasteiger partial charge in [-0.15, -0.1) is 0 Å². The van der Waals surface area contributed by atoms with E-state index < -0.39 is 5.97 Å². The lowest BCUT2D eigenvalue weighted by molar-refractivity contribution is -0.140. The van der Waals surface area contributed by atoms with Gasteiger partial charge in [-0.25, -0.2) is 4.79 Å². The van der Waals surface area contributed by atoms with Crippen molar-refractivity contribution in [3.05, 3.63) is 48.6 Å². The molecular weight excluding hydrogens is 256 g/mol. The summed E-state index contributed by atoms with van der Waals surface area (Å²) in [5, 5.41) is 7.99. The number of esters is 1. The summed E-state index contributed by atoms with van der Waals surface area (Å²) in [7, 11) is 0. The van der Waals surface area contributed by atoms with Crippen LogP contribution in [0.2, 0.25) is 0 Å². The molecule has 0 bridgehead atoms. The Hall–Kier alpha value is -2.10. The van der Waals surface area contributed by atoms with E-state index in [0.717, 1.165) is 12.8 Å². The van der Waals surface area contributed by atoms with Gasteiger partial charge >= 0.3 is 11.9 Å². The Morgan fingerprint density at radius 2 is 1.85 bits per heavy atom. The van der Waals surface area contributed by atoms with E-state index in [1.54, 1.807) is 13.8 Å². The van der Waals surface area contributed by atoms with Gasteiger partial charge in [0.25, 0.3) is 0 Å². The molecule has 0 saturated carbocycles. The second kappa shape index (κ2) is 10.8. The van der Waals surface area contributed by atoms with Crippen LogP contribution in [0, 0.1) is 5.92 Å². The number of aryl methyl sites for hydroxylation is 1. The molecule has 20 heavy (non-hydrogen) atoms. The van der Waals surface area contributed by atoms with Crippen molar-refractivity contribution in [2.45, 2.75) is 26.7 Å². The number of benzene rings is 1. The van der Waals surface area contributed by atoms with Gasteiger partial charge in [0.1, 0.15) is 0 Å². The largest absolute Gasteiger partial charge is 0.481 e. The Bertz CT molecular complexity index is 410. The maximum absolute atomic E-state index is 10.7. The molecule has 1 N–H and O–H groups in total. The predicted octanol–water partition coefficient (Wildman–Crippen LogP) is 3.08. The lowest BCUT2D eigenvalue weighted by Gasteiger charge is -2.01. The number of hydrogen-bond acceptors (Lipinski definition) is 3. The number of aliphatic carboxylic acids is 1. The standard InChI is InChI=1S/C12H14O2.C4H8O2/c1-2-12(13)14-10-6-9-11-7-4-3-5-8-11;1-3(2)4(5)6/h2-5,7-8H,1,6,9-10H2;3H,1-2H3,(H,5,6). The van der Waals surface area contributed by atoms with Crippen LogP contribution >= 0.6 is 0 Å². The molecule has 0 atom stereocenters. The molecule has 0 aliphatic carbocycles. The minimum absolute atomic E-state index is 0.231. The van der Waals surface area contributed by atoms with Gasteiger partial charge in [-0.2, -0.15) is 0 Å². The van der Waals surface area contributed by atoms with Crippen molar-refractivity contribution >= 4 is 11.9 Å². The predicted molar refractivity (Wildman–Crippen MR) is 78.4 cm³/mol. The minimum Gasteiger partial charge on any atom is -0.481 e. The van der Waals surface area contributed by atoms with E-state index in [2.05, 4.69) is 18.7 Å². The van der Waals surface area contributed by atoms with Crippen LogP contribution in [0.4, 0.5) is 0 Å². The van der Waals surface area contributed by atoms with E-state index in [0.29, 0.717) is 6.61 Å². The molecular formula is C16H22O4. The molecule has 110 valence electrons. The third kappa shape index (κ3) is 9.88. The zero-order valence-electron chi connectivity index (χ0n) is 12.0. The van der Waals surface area contributed by atoms with Gasteiger partial charge in [0.05, 0.1) is 12.5 Å². The second-order valence-corrected chi connectivity index (χ2v) is 4.45. The van der Waals surface area contributed by atoms with Crippen molar-refractivity contribution < 1.29 is 19.4 Å². The van der Waals surface area contributed by atoms with E-state index >= 15 is 0 Å². The Morgan fingerprint density at radius 1 is 1.30 bits per heavy atom. The van der Waals surface area contributed by atoms with Gasteiger partial charge in [0.15, 0.2) is 0 Å². The van der Waals surface area contributed by atoms with Crippen molar-refractivity contribution in [2.24, 2.45) is 5.92 Å². The molecule has 0 unspecified atom stereocenters. The number of rotatable bonds is 6. The maximum atomic E-state index is 10.7. The van der Waals surface area contributed by atoms with Crippen LogP contribution in [-0.2, 0) is 20.7 Å². The van der Waals surface area contributed by atoms with Crippen LogP contribution < -0.4 is 0 Å².